The molecular formula is C11H19N3O3. The summed E-state index contributed by atoms with van der Waals surface area (Å²) in [6, 6.07) is 0. The van der Waals surface area contributed by atoms with Crippen LogP contribution in [0.4, 0.5) is 0 Å². The van der Waals surface area contributed by atoms with Crippen molar-refractivity contribution in [2.75, 3.05) is 39.4 Å². The minimum Gasteiger partial charge on any atom is -0.378 e. The third-order valence-electron chi connectivity index (χ3n) is 2.98. The average molecular weight is 241 g/mol. The van der Waals surface area contributed by atoms with Crippen molar-refractivity contribution in [3.05, 3.63) is 23.0 Å². The van der Waals surface area contributed by atoms with Gasteiger partial charge in [0.2, 0.25) is 0 Å². The van der Waals surface area contributed by atoms with Crippen LogP contribution in [-0.2, 0) is 4.74 Å². The van der Waals surface area contributed by atoms with E-state index in [1.807, 2.05) is 0 Å². The van der Waals surface area contributed by atoms with Gasteiger partial charge in [0.05, 0.1) is 13.2 Å². The van der Waals surface area contributed by atoms with Gasteiger partial charge in [-0.1, -0.05) is 0 Å². The highest BCUT2D eigenvalue weighted by Crippen LogP contribution is 2.19. The zero-order chi connectivity index (χ0) is 12.3. The molecule has 0 radical (unpaired) electrons. The first-order valence-electron chi connectivity index (χ1n) is 5.78. The van der Waals surface area contributed by atoms with Crippen LogP contribution in [-0.4, -0.2) is 60.8 Å². The van der Waals surface area contributed by atoms with Crippen LogP contribution >= 0.6 is 0 Å². The smallest absolute Gasteiger partial charge is 0.182 e. The van der Waals surface area contributed by atoms with E-state index in [2.05, 4.69) is 10.2 Å². The molecule has 0 amide bonds. The molecule has 0 unspecified atom stereocenters. The topological polar surface area (TPSA) is 91.0 Å². The van der Waals surface area contributed by atoms with Crippen LogP contribution in [0.2, 0.25) is 0 Å². The van der Waals surface area contributed by atoms with Crippen molar-refractivity contribution in [2.45, 2.75) is 6.29 Å². The van der Waals surface area contributed by atoms with E-state index in [1.165, 1.54) is 0 Å². The zero-order valence-electron chi connectivity index (χ0n) is 9.72. The Morgan fingerprint density at radius 3 is 2.71 bits per heavy atom. The quantitative estimate of drug-likeness (QED) is 0.442. The Balaban J connectivity index is 2.23. The number of dihydropyridines is 1. The average Bonchev–Trinajstić information content (AvgIpc) is 2.39. The lowest BCUT2D eigenvalue weighted by molar-refractivity contribution is -0.0105. The standard InChI is InChI=1S/C11H19N3O3/c12-6-8-5-9(11(15)16)10(13-7-8)14-1-3-17-4-2-14/h5,11,13,15-16H,1-4,6-7,12H2. The van der Waals surface area contributed by atoms with Crippen LogP contribution in [0.15, 0.2) is 23.0 Å². The largest absolute Gasteiger partial charge is 0.378 e. The van der Waals surface area contributed by atoms with E-state index in [1.54, 1.807) is 6.08 Å². The van der Waals surface area contributed by atoms with Gasteiger partial charge in [-0.3, -0.25) is 0 Å². The molecule has 2 aliphatic rings. The van der Waals surface area contributed by atoms with Gasteiger partial charge >= 0.3 is 0 Å². The van der Waals surface area contributed by atoms with Crippen LogP contribution in [0.3, 0.4) is 0 Å². The Kier molecular flexibility index (Phi) is 4.01. The molecule has 6 nitrogen and oxygen atoms in total. The van der Waals surface area contributed by atoms with E-state index in [9.17, 15) is 10.2 Å². The molecule has 2 rings (SSSR count). The van der Waals surface area contributed by atoms with Gasteiger partial charge in [-0.25, -0.2) is 0 Å². The van der Waals surface area contributed by atoms with Gasteiger partial charge in [-0.05, 0) is 11.6 Å². The van der Waals surface area contributed by atoms with Gasteiger partial charge in [-0.2, -0.15) is 0 Å². The molecule has 1 fully saturated rings. The second kappa shape index (κ2) is 5.50. The van der Waals surface area contributed by atoms with Crippen molar-refractivity contribution >= 4 is 0 Å². The Labute approximate surface area is 100 Å². The summed E-state index contributed by atoms with van der Waals surface area (Å²) in [7, 11) is 0. The summed E-state index contributed by atoms with van der Waals surface area (Å²) in [6.45, 7) is 3.90. The molecule has 6 heteroatoms. The molecule has 0 aromatic heterocycles. The van der Waals surface area contributed by atoms with Crippen molar-refractivity contribution in [1.29, 1.82) is 0 Å². The maximum absolute atomic E-state index is 9.41. The Morgan fingerprint density at radius 1 is 1.41 bits per heavy atom. The fourth-order valence-electron chi connectivity index (χ4n) is 2.05. The first-order chi connectivity index (χ1) is 8.22. The molecule has 1 saturated heterocycles. The summed E-state index contributed by atoms with van der Waals surface area (Å²) >= 11 is 0. The van der Waals surface area contributed by atoms with Crippen molar-refractivity contribution < 1.29 is 14.9 Å². The Bertz CT molecular complexity index is 333. The number of hydrogen-bond donors (Lipinski definition) is 4. The molecule has 0 aromatic rings. The molecule has 0 spiro atoms. The van der Waals surface area contributed by atoms with Gasteiger partial charge in [0, 0.05) is 31.8 Å². The maximum Gasteiger partial charge on any atom is 0.182 e. The summed E-state index contributed by atoms with van der Waals surface area (Å²) in [4.78, 5) is 2.07. The lowest BCUT2D eigenvalue weighted by atomic mass is 10.1. The summed E-state index contributed by atoms with van der Waals surface area (Å²) in [5.74, 6) is 0.778. The molecule has 2 heterocycles. The molecule has 0 saturated carbocycles. The zero-order valence-corrected chi connectivity index (χ0v) is 9.72. The second-order valence-electron chi connectivity index (χ2n) is 4.14. The molecule has 2 aliphatic heterocycles. The van der Waals surface area contributed by atoms with E-state index >= 15 is 0 Å². The van der Waals surface area contributed by atoms with E-state index in [4.69, 9.17) is 10.5 Å². The summed E-state index contributed by atoms with van der Waals surface area (Å²) in [5, 5.41) is 22.0. The number of aliphatic hydroxyl groups is 2. The van der Waals surface area contributed by atoms with Gasteiger partial charge in [-0.15, -0.1) is 0 Å². The molecular weight excluding hydrogens is 222 g/mol. The number of rotatable bonds is 3. The van der Waals surface area contributed by atoms with Crippen molar-refractivity contribution in [2.24, 2.45) is 5.73 Å². The number of ether oxygens (including phenoxy) is 1. The second-order valence-corrected chi connectivity index (χ2v) is 4.14. The highest BCUT2D eigenvalue weighted by molar-refractivity contribution is 5.35. The molecule has 0 atom stereocenters. The number of morpholine rings is 1. The van der Waals surface area contributed by atoms with E-state index in [-0.39, 0.29) is 0 Å². The van der Waals surface area contributed by atoms with Crippen LogP contribution in [0.25, 0.3) is 0 Å². The van der Waals surface area contributed by atoms with Crippen LogP contribution < -0.4 is 11.1 Å². The number of nitrogens with zero attached hydrogens (tertiary/aromatic N) is 1. The van der Waals surface area contributed by atoms with Crippen LogP contribution in [0, 0.1) is 0 Å². The minimum atomic E-state index is -1.48. The normalized spacial score (nSPS) is 21.6. The molecule has 17 heavy (non-hydrogen) atoms. The predicted octanol–water partition coefficient (Wildman–Crippen LogP) is -1.67. The minimum absolute atomic E-state index is 0.416. The Hall–Kier alpha value is -1.08. The van der Waals surface area contributed by atoms with Gasteiger partial charge in [0.25, 0.3) is 0 Å². The van der Waals surface area contributed by atoms with Gasteiger partial charge in [0.15, 0.2) is 6.29 Å². The molecule has 5 N–H and O–H groups in total. The van der Waals surface area contributed by atoms with Crippen molar-refractivity contribution in [3.8, 4) is 0 Å². The molecule has 0 aromatic carbocycles. The maximum atomic E-state index is 9.41. The summed E-state index contributed by atoms with van der Waals surface area (Å²) in [6.07, 6.45) is 0.286. The summed E-state index contributed by atoms with van der Waals surface area (Å²) < 4.78 is 5.28. The number of nitrogens with one attached hydrogen (secondary N) is 1. The third kappa shape index (κ3) is 2.78. The van der Waals surface area contributed by atoms with E-state index in [0.717, 1.165) is 24.5 Å². The van der Waals surface area contributed by atoms with Crippen LogP contribution in [0.1, 0.15) is 0 Å². The van der Waals surface area contributed by atoms with E-state index in [0.29, 0.717) is 31.9 Å². The SMILES string of the molecule is NCC1=CC(C(O)O)=C(N2CCOCC2)NC1. The van der Waals surface area contributed by atoms with Gasteiger partial charge in [0.1, 0.15) is 5.82 Å². The monoisotopic (exact) mass is 241 g/mol. The summed E-state index contributed by atoms with van der Waals surface area (Å²) in [5.41, 5.74) is 7.01. The first kappa shape index (κ1) is 12.4. The van der Waals surface area contributed by atoms with Gasteiger partial charge < -0.3 is 30.9 Å². The fourth-order valence-corrected chi connectivity index (χ4v) is 2.05. The van der Waals surface area contributed by atoms with Crippen molar-refractivity contribution in [3.63, 3.8) is 0 Å². The first-order valence-corrected chi connectivity index (χ1v) is 5.78. The highest BCUT2D eigenvalue weighted by Gasteiger charge is 2.23. The molecule has 96 valence electrons. The number of hydrogen-bond acceptors (Lipinski definition) is 6. The molecule has 0 bridgehead atoms. The van der Waals surface area contributed by atoms with E-state index < -0.39 is 6.29 Å². The lowest BCUT2D eigenvalue weighted by Crippen LogP contribution is -2.44. The number of aliphatic hydroxyl groups excluding tert-OH is 1. The fraction of sp³-hybridized carbons (Fsp3) is 0.636. The third-order valence-corrected chi connectivity index (χ3v) is 2.98. The molecule has 0 aliphatic carbocycles. The predicted molar refractivity (Wildman–Crippen MR) is 62.8 cm³/mol. The lowest BCUT2D eigenvalue weighted by Gasteiger charge is -2.35. The number of nitrogens with two attached hydrogens (primary N) is 1. The Morgan fingerprint density at radius 2 is 2.12 bits per heavy atom. The highest BCUT2D eigenvalue weighted by atomic mass is 16.5. The van der Waals surface area contributed by atoms with Crippen LogP contribution in [0.5, 0.6) is 0 Å². The van der Waals surface area contributed by atoms with Crippen molar-refractivity contribution in [1.82, 2.24) is 10.2 Å².